The van der Waals surface area contributed by atoms with Crippen LogP contribution in [0.5, 0.6) is 0 Å². The smallest absolute Gasteiger partial charge is 0.243 e. The van der Waals surface area contributed by atoms with Gasteiger partial charge < -0.3 is 5.32 Å². The number of aryl methyl sites for hydroxylation is 1. The van der Waals surface area contributed by atoms with Crippen LogP contribution in [0.15, 0.2) is 55.1 Å². The molecular formula is C14H17NO. The molecule has 0 heterocycles. The Hall–Kier alpha value is -1.83. The van der Waals surface area contributed by atoms with Gasteiger partial charge in [0.05, 0.1) is 0 Å². The Morgan fingerprint density at radius 1 is 1.31 bits per heavy atom. The highest BCUT2D eigenvalue weighted by atomic mass is 16.1. The Morgan fingerprint density at radius 2 is 2.06 bits per heavy atom. The van der Waals surface area contributed by atoms with E-state index < -0.39 is 0 Å². The molecule has 1 rings (SSSR count). The van der Waals surface area contributed by atoms with Crippen LogP contribution < -0.4 is 5.32 Å². The molecule has 0 aliphatic carbocycles. The van der Waals surface area contributed by atoms with Crippen molar-refractivity contribution in [3.8, 4) is 0 Å². The zero-order chi connectivity index (χ0) is 11.6. The minimum Gasteiger partial charge on any atom is -0.349 e. The summed E-state index contributed by atoms with van der Waals surface area (Å²) >= 11 is 0. The van der Waals surface area contributed by atoms with Gasteiger partial charge in [-0.1, -0.05) is 42.5 Å². The number of benzene rings is 1. The predicted molar refractivity (Wildman–Crippen MR) is 67.1 cm³/mol. The second kappa shape index (κ2) is 7.46. The van der Waals surface area contributed by atoms with E-state index in [1.54, 1.807) is 12.2 Å². The summed E-state index contributed by atoms with van der Waals surface area (Å²) in [4.78, 5) is 11.2. The van der Waals surface area contributed by atoms with Gasteiger partial charge in [0.1, 0.15) is 0 Å². The first-order valence-electron chi connectivity index (χ1n) is 5.42. The normalized spacial score (nSPS) is 10.2. The molecule has 1 N–H and O–H groups in total. The molecule has 0 aromatic heterocycles. The summed E-state index contributed by atoms with van der Waals surface area (Å²) in [7, 11) is 0. The predicted octanol–water partition coefficient (Wildman–Crippen LogP) is 2.48. The molecule has 0 fully saturated rings. The molecule has 0 saturated carbocycles. The summed E-state index contributed by atoms with van der Waals surface area (Å²) in [6.07, 6.45) is 6.98. The number of hydrogen-bond acceptors (Lipinski definition) is 1. The fraction of sp³-hybridized carbons (Fsp3) is 0.214. The average molecular weight is 215 g/mol. The number of nitrogens with one attached hydrogen (secondary N) is 1. The van der Waals surface area contributed by atoms with E-state index in [4.69, 9.17) is 0 Å². The lowest BCUT2D eigenvalue weighted by Gasteiger charge is -1.97. The SMILES string of the molecule is C=CCNC(=O)/C=C/CCc1ccccc1. The van der Waals surface area contributed by atoms with Crippen LogP contribution in [0.4, 0.5) is 0 Å². The molecule has 1 aromatic carbocycles. The van der Waals surface area contributed by atoms with E-state index in [0.29, 0.717) is 6.54 Å². The first-order chi connectivity index (χ1) is 7.83. The van der Waals surface area contributed by atoms with E-state index in [1.807, 2.05) is 24.3 Å². The molecule has 0 atom stereocenters. The summed E-state index contributed by atoms with van der Waals surface area (Å²) in [6, 6.07) is 10.2. The molecule has 0 unspecified atom stereocenters. The molecule has 0 spiro atoms. The highest BCUT2D eigenvalue weighted by Gasteiger charge is 1.91. The lowest BCUT2D eigenvalue weighted by atomic mass is 10.1. The summed E-state index contributed by atoms with van der Waals surface area (Å²) in [5.74, 6) is -0.0621. The highest BCUT2D eigenvalue weighted by Crippen LogP contribution is 2.02. The van der Waals surface area contributed by atoms with Gasteiger partial charge >= 0.3 is 0 Å². The van der Waals surface area contributed by atoms with Gasteiger partial charge in [-0.3, -0.25) is 4.79 Å². The Labute approximate surface area is 96.7 Å². The van der Waals surface area contributed by atoms with Crippen LogP contribution in [-0.4, -0.2) is 12.5 Å². The second-order valence-corrected chi connectivity index (χ2v) is 3.46. The average Bonchev–Trinajstić information content (AvgIpc) is 2.33. The van der Waals surface area contributed by atoms with Crippen LogP contribution in [0.1, 0.15) is 12.0 Å². The van der Waals surface area contributed by atoms with Gasteiger partial charge in [0.15, 0.2) is 0 Å². The van der Waals surface area contributed by atoms with Gasteiger partial charge in [0, 0.05) is 6.54 Å². The first-order valence-corrected chi connectivity index (χ1v) is 5.42. The third-order valence-electron chi connectivity index (χ3n) is 2.13. The topological polar surface area (TPSA) is 29.1 Å². The molecule has 84 valence electrons. The van der Waals surface area contributed by atoms with Crippen LogP contribution in [0.25, 0.3) is 0 Å². The van der Waals surface area contributed by atoms with Gasteiger partial charge in [-0.25, -0.2) is 0 Å². The van der Waals surface area contributed by atoms with Gasteiger partial charge in [-0.05, 0) is 24.5 Å². The number of carbonyl (C=O) groups excluding carboxylic acids is 1. The molecule has 0 aliphatic rings. The fourth-order valence-electron chi connectivity index (χ4n) is 1.32. The van der Waals surface area contributed by atoms with Crippen molar-refractivity contribution in [3.05, 3.63) is 60.7 Å². The standard InChI is InChI=1S/C14H17NO/c1-2-12-15-14(16)11-7-6-10-13-8-4-3-5-9-13/h2-5,7-9,11H,1,6,10,12H2,(H,15,16)/b11-7+. The number of rotatable bonds is 6. The van der Waals surface area contributed by atoms with Crippen molar-refractivity contribution in [1.29, 1.82) is 0 Å². The van der Waals surface area contributed by atoms with Crippen molar-refractivity contribution in [2.45, 2.75) is 12.8 Å². The van der Waals surface area contributed by atoms with Crippen molar-refractivity contribution in [2.75, 3.05) is 6.54 Å². The largest absolute Gasteiger partial charge is 0.349 e. The Bertz CT molecular complexity index is 354. The molecule has 1 aromatic rings. The summed E-state index contributed by atoms with van der Waals surface area (Å²) in [5.41, 5.74) is 1.29. The van der Waals surface area contributed by atoms with Crippen molar-refractivity contribution in [1.82, 2.24) is 5.32 Å². The van der Waals surface area contributed by atoms with E-state index in [1.165, 1.54) is 5.56 Å². The maximum Gasteiger partial charge on any atom is 0.243 e. The maximum atomic E-state index is 11.2. The molecule has 2 nitrogen and oxygen atoms in total. The molecule has 1 amide bonds. The zero-order valence-electron chi connectivity index (χ0n) is 9.36. The minimum atomic E-state index is -0.0621. The van der Waals surface area contributed by atoms with Crippen LogP contribution >= 0.6 is 0 Å². The highest BCUT2D eigenvalue weighted by molar-refractivity contribution is 5.87. The minimum absolute atomic E-state index is 0.0621. The van der Waals surface area contributed by atoms with Gasteiger partial charge in [0.25, 0.3) is 0 Å². The quantitative estimate of drug-likeness (QED) is 0.573. The van der Waals surface area contributed by atoms with E-state index in [-0.39, 0.29) is 5.91 Å². The van der Waals surface area contributed by atoms with Gasteiger partial charge in [-0.15, -0.1) is 6.58 Å². The summed E-state index contributed by atoms with van der Waals surface area (Å²) < 4.78 is 0. The van der Waals surface area contributed by atoms with E-state index in [2.05, 4.69) is 24.0 Å². The number of hydrogen-bond donors (Lipinski definition) is 1. The fourth-order valence-corrected chi connectivity index (χ4v) is 1.32. The Balaban J connectivity index is 2.22. The third kappa shape index (κ3) is 5.15. The van der Waals surface area contributed by atoms with E-state index in [9.17, 15) is 4.79 Å². The Morgan fingerprint density at radius 3 is 2.75 bits per heavy atom. The van der Waals surface area contributed by atoms with E-state index >= 15 is 0 Å². The van der Waals surface area contributed by atoms with Crippen molar-refractivity contribution in [2.24, 2.45) is 0 Å². The number of allylic oxidation sites excluding steroid dienone is 1. The van der Waals surface area contributed by atoms with Crippen LogP contribution in [0.2, 0.25) is 0 Å². The number of carbonyl (C=O) groups is 1. The Kier molecular flexibility index (Phi) is 5.71. The number of amides is 1. The van der Waals surface area contributed by atoms with Crippen molar-refractivity contribution >= 4 is 5.91 Å². The first kappa shape index (κ1) is 12.2. The monoisotopic (exact) mass is 215 g/mol. The van der Waals surface area contributed by atoms with Crippen LogP contribution in [0, 0.1) is 0 Å². The van der Waals surface area contributed by atoms with Gasteiger partial charge in [0.2, 0.25) is 5.91 Å². The van der Waals surface area contributed by atoms with E-state index in [0.717, 1.165) is 12.8 Å². The summed E-state index contributed by atoms with van der Waals surface area (Å²) in [6.45, 7) is 4.05. The van der Waals surface area contributed by atoms with Crippen LogP contribution in [0.3, 0.4) is 0 Å². The second-order valence-electron chi connectivity index (χ2n) is 3.46. The maximum absolute atomic E-state index is 11.2. The molecule has 0 saturated heterocycles. The lowest BCUT2D eigenvalue weighted by molar-refractivity contribution is -0.116. The third-order valence-corrected chi connectivity index (χ3v) is 2.13. The van der Waals surface area contributed by atoms with Crippen molar-refractivity contribution < 1.29 is 4.79 Å². The molecule has 16 heavy (non-hydrogen) atoms. The summed E-state index contributed by atoms with van der Waals surface area (Å²) in [5, 5.41) is 2.69. The lowest BCUT2D eigenvalue weighted by Crippen LogP contribution is -2.20. The van der Waals surface area contributed by atoms with Crippen molar-refractivity contribution in [3.63, 3.8) is 0 Å². The van der Waals surface area contributed by atoms with Crippen LogP contribution in [-0.2, 0) is 11.2 Å². The molecular weight excluding hydrogens is 198 g/mol. The molecule has 0 radical (unpaired) electrons. The molecule has 0 aliphatic heterocycles. The molecule has 0 bridgehead atoms. The molecule has 2 heteroatoms. The zero-order valence-corrected chi connectivity index (χ0v) is 9.36. The van der Waals surface area contributed by atoms with Gasteiger partial charge in [-0.2, -0.15) is 0 Å².